The first-order valence-corrected chi connectivity index (χ1v) is 6.34. The quantitative estimate of drug-likeness (QED) is 0.690. The minimum absolute atomic E-state index is 0.191. The monoisotopic (exact) mass is 277 g/mol. The van der Waals surface area contributed by atoms with Crippen LogP contribution in [-0.2, 0) is 4.74 Å². The van der Waals surface area contributed by atoms with Crippen LogP contribution in [0.1, 0.15) is 10.4 Å². The van der Waals surface area contributed by atoms with Crippen LogP contribution >= 0.6 is 11.8 Å². The summed E-state index contributed by atoms with van der Waals surface area (Å²) in [6.45, 7) is 0. The summed E-state index contributed by atoms with van der Waals surface area (Å²) in [4.78, 5) is 12.5. The fourth-order valence-corrected chi connectivity index (χ4v) is 2.55. The molecule has 0 aliphatic carbocycles. The van der Waals surface area contributed by atoms with Crippen LogP contribution in [0, 0.1) is 5.82 Å². The number of anilines is 1. The third-order valence-corrected chi connectivity index (χ3v) is 3.71. The molecule has 2 aromatic rings. The van der Waals surface area contributed by atoms with Crippen molar-refractivity contribution in [3.63, 3.8) is 0 Å². The van der Waals surface area contributed by atoms with Crippen molar-refractivity contribution in [2.24, 2.45) is 0 Å². The Balaban J connectivity index is 2.45. The zero-order valence-corrected chi connectivity index (χ0v) is 11.0. The molecule has 0 aliphatic rings. The van der Waals surface area contributed by atoms with Gasteiger partial charge in [0.05, 0.1) is 17.6 Å². The molecule has 0 spiro atoms. The largest absolute Gasteiger partial charge is 0.465 e. The topological polar surface area (TPSA) is 52.3 Å². The normalized spacial score (nSPS) is 10.2. The number of esters is 1. The predicted molar refractivity (Wildman–Crippen MR) is 72.7 cm³/mol. The number of methoxy groups -OCH3 is 1. The number of carbonyl (C=O) groups excluding carboxylic acids is 1. The van der Waals surface area contributed by atoms with Crippen molar-refractivity contribution in [3.05, 3.63) is 53.8 Å². The summed E-state index contributed by atoms with van der Waals surface area (Å²) in [5, 5.41) is 0. The number of rotatable bonds is 3. The lowest BCUT2D eigenvalue weighted by Gasteiger charge is -2.10. The summed E-state index contributed by atoms with van der Waals surface area (Å²) in [6.07, 6.45) is 0. The second-order valence-corrected chi connectivity index (χ2v) is 4.80. The Morgan fingerprint density at radius 2 is 1.95 bits per heavy atom. The number of benzene rings is 2. The summed E-state index contributed by atoms with van der Waals surface area (Å²) in [5.74, 6) is -1.05. The average Bonchev–Trinajstić information content (AvgIpc) is 2.42. The third kappa shape index (κ3) is 2.88. The average molecular weight is 277 g/mol. The number of halogens is 1. The Kier molecular flexibility index (Phi) is 4.06. The van der Waals surface area contributed by atoms with Crippen LogP contribution < -0.4 is 5.73 Å². The Labute approximate surface area is 114 Å². The van der Waals surface area contributed by atoms with Gasteiger partial charge in [0, 0.05) is 10.6 Å². The molecule has 0 bridgehead atoms. The number of carbonyl (C=O) groups is 1. The molecule has 0 saturated carbocycles. The highest BCUT2D eigenvalue weighted by molar-refractivity contribution is 7.99. The first kappa shape index (κ1) is 13.4. The molecule has 2 aromatic carbocycles. The summed E-state index contributed by atoms with van der Waals surface area (Å²) in [6, 6.07) is 11.4. The minimum Gasteiger partial charge on any atom is -0.465 e. The van der Waals surface area contributed by atoms with Crippen molar-refractivity contribution in [1.29, 1.82) is 0 Å². The number of hydrogen-bond donors (Lipinski definition) is 1. The van der Waals surface area contributed by atoms with Crippen LogP contribution in [0.15, 0.2) is 52.3 Å². The van der Waals surface area contributed by atoms with E-state index < -0.39 is 11.8 Å². The molecule has 0 saturated heterocycles. The lowest BCUT2D eigenvalue weighted by atomic mass is 10.2. The molecule has 19 heavy (non-hydrogen) atoms. The van der Waals surface area contributed by atoms with Gasteiger partial charge in [0.15, 0.2) is 0 Å². The Morgan fingerprint density at radius 1 is 1.21 bits per heavy atom. The standard InChI is InChI=1S/C14H12FNO2S/c1-18-14(17)9-5-4-6-10(15)13(9)19-12-8-3-2-7-11(12)16/h2-8H,16H2,1H3. The van der Waals surface area contributed by atoms with Crippen molar-refractivity contribution in [3.8, 4) is 0 Å². The minimum atomic E-state index is -0.573. The highest BCUT2D eigenvalue weighted by atomic mass is 32.2. The van der Waals surface area contributed by atoms with E-state index in [1.807, 2.05) is 0 Å². The van der Waals surface area contributed by atoms with Crippen molar-refractivity contribution in [2.45, 2.75) is 9.79 Å². The van der Waals surface area contributed by atoms with E-state index in [1.54, 1.807) is 24.3 Å². The van der Waals surface area contributed by atoms with Crippen molar-refractivity contribution >= 4 is 23.4 Å². The van der Waals surface area contributed by atoms with Gasteiger partial charge in [-0.15, -0.1) is 0 Å². The van der Waals surface area contributed by atoms with Crippen LogP contribution in [0.5, 0.6) is 0 Å². The number of hydrogen-bond acceptors (Lipinski definition) is 4. The molecule has 0 atom stereocenters. The van der Waals surface area contributed by atoms with Crippen LogP contribution in [0.2, 0.25) is 0 Å². The molecular weight excluding hydrogens is 265 g/mol. The first-order valence-electron chi connectivity index (χ1n) is 5.52. The Hall–Kier alpha value is -2.01. The highest BCUT2D eigenvalue weighted by Gasteiger charge is 2.17. The fraction of sp³-hybridized carbons (Fsp3) is 0.0714. The van der Waals surface area contributed by atoms with E-state index in [4.69, 9.17) is 5.73 Å². The van der Waals surface area contributed by atoms with Crippen molar-refractivity contribution < 1.29 is 13.9 Å². The van der Waals surface area contributed by atoms with E-state index in [0.717, 1.165) is 11.8 Å². The van der Waals surface area contributed by atoms with Crippen LogP contribution in [0.25, 0.3) is 0 Å². The second-order valence-electron chi connectivity index (χ2n) is 3.75. The molecule has 0 aliphatic heterocycles. The Bertz CT molecular complexity index is 616. The summed E-state index contributed by atoms with van der Waals surface area (Å²) in [5.41, 5.74) is 6.54. The number of nitrogens with two attached hydrogens (primary N) is 1. The molecule has 0 heterocycles. The summed E-state index contributed by atoms with van der Waals surface area (Å²) in [7, 11) is 1.26. The van der Waals surface area contributed by atoms with Crippen molar-refractivity contribution in [1.82, 2.24) is 0 Å². The fourth-order valence-electron chi connectivity index (χ4n) is 1.57. The lowest BCUT2D eigenvalue weighted by molar-refractivity contribution is 0.0596. The van der Waals surface area contributed by atoms with Gasteiger partial charge in [0.2, 0.25) is 0 Å². The molecule has 0 amide bonds. The lowest BCUT2D eigenvalue weighted by Crippen LogP contribution is -2.04. The molecular formula is C14H12FNO2S. The van der Waals surface area contributed by atoms with Gasteiger partial charge in [-0.2, -0.15) is 0 Å². The first-order chi connectivity index (χ1) is 9.13. The maximum atomic E-state index is 13.9. The van der Waals surface area contributed by atoms with Gasteiger partial charge < -0.3 is 10.5 Å². The van der Waals surface area contributed by atoms with Gasteiger partial charge in [-0.1, -0.05) is 30.0 Å². The van der Waals surface area contributed by atoms with Crippen LogP contribution in [0.4, 0.5) is 10.1 Å². The molecule has 0 radical (unpaired) electrons. The van der Waals surface area contributed by atoms with E-state index >= 15 is 0 Å². The second kappa shape index (κ2) is 5.75. The molecule has 0 fully saturated rings. The summed E-state index contributed by atoms with van der Waals surface area (Å²) >= 11 is 1.11. The van der Waals surface area contributed by atoms with E-state index in [2.05, 4.69) is 4.74 Å². The van der Waals surface area contributed by atoms with Crippen LogP contribution in [0.3, 0.4) is 0 Å². The Morgan fingerprint density at radius 3 is 2.63 bits per heavy atom. The van der Waals surface area contributed by atoms with Crippen LogP contribution in [-0.4, -0.2) is 13.1 Å². The number of ether oxygens (including phenoxy) is 1. The molecule has 0 aromatic heterocycles. The molecule has 98 valence electrons. The van der Waals surface area contributed by atoms with Gasteiger partial charge >= 0.3 is 5.97 Å². The predicted octanol–water partition coefficient (Wildman–Crippen LogP) is 3.35. The number of para-hydroxylation sites is 1. The van der Waals surface area contributed by atoms with Gasteiger partial charge in [-0.05, 0) is 24.3 Å². The van der Waals surface area contributed by atoms with Gasteiger partial charge in [-0.25, -0.2) is 9.18 Å². The zero-order valence-electron chi connectivity index (χ0n) is 10.2. The number of nitrogen functional groups attached to an aromatic ring is 1. The van der Waals surface area contributed by atoms with Gasteiger partial charge in [-0.3, -0.25) is 0 Å². The SMILES string of the molecule is COC(=O)c1cccc(F)c1Sc1ccccc1N. The maximum absolute atomic E-state index is 13.9. The summed E-state index contributed by atoms with van der Waals surface area (Å²) < 4.78 is 18.5. The smallest absolute Gasteiger partial charge is 0.339 e. The molecule has 2 rings (SSSR count). The van der Waals surface area contributed by atoms with E-state index in [-0.39, 0.29) is 10.5 Å². The van der Waals surface area contributed by atoms with Gasteiger partial charge in [0.25, 0.3) is 0 Å². The zero-order chi connectivity index (χ0) is 13.8. The molecule has 0 unspecified atom stereocenters. The van der Waals surface area contributed by atoms with E-state index in [1.165, 1.54) is 25.3 Å². The van der Waals surface area contributed by atoms with E-state index in [9.17, 15) is 9.18 Å². The molecule has 5 heteroatoms. The molecule has 3 nitrogen and oxygen atoms in total. The van der Waals surface area contributed by atoms with Gasteiger partial charge in [0.1, 0.15) is 5.82 Å². The highest BCUT2D eigenvalue weighted by Crippen LogP contribution is 2.35. The van der Waals surface area contributed by atoms with E-state index in [0.29, 0.717) is 10.6 Å². The third-order valence-electron chi connectivity index (χ3n) is 2.50. The van der Waals surface area contributed by atoms with Crippen molar-refractivity contribution in [2.75, 3.05) is 12.8 Å². The maximum Gasteiger partial charge on any atom is 0.339 e. The molecule has 2 N–H and O–H groups in total.